The molecule has 0 saturated carbocycles. The predicted octanol–water partition coefficient (Wildman–Crippen LogP) is 13.8. The summed E-state index contributed by atoms with van der Waals surface area (Å²) < 4.78 is 8.65. The number of nitrogens with one attached hydrogen (secondary N) is 1. The van der Waals surface area contributed by atoms with Gasteiger partial charge in [0.25, 0.3) is 0 Å². The number of allylic oxidation sites excluding steroid dienone is 1. The zero-order valence-electron chi connectivity index (χ0n) is 30.9. The lowest BCUT2D eigenvalue weighted by molar-refractivity contribution is 0.668. The standard InChI is InChI=1S/C51H35N3OS/c1-3-12-35-30(2)36-15-7-8-16-38(36)39-24-21-32(27-42(35)39)37-18-11-20-46-48(37)41-25-22-34(29-47(41)56-46)51-53-49(31-13-5-4-6-14-31)52-50(54-51)33-23-26-45-43(28-33)40-17-9-10-19-44(40)55-45/h3-29,51H,1-2H3,(H,52,53,54)/b12-3-. The van der Waals surface area contributed by atoms with Crippen LogP contribution in [-0.4, -0.2) is 11.7 Å². The third-order valence-electron chi connectivity index (χ3n) is 11.2. The van der Waals surface area contributed by atoms with Gasteiger partial charge < -0.3 is 9.73 Å². The molecule has 0 amide bonds. The fraction of sp³-hybridized carbons (Fsp3) is 0.0588. The predicted molar refractivity (Wildman–Crippen MR) is 238 cm³/mol. The molecular formula is C51H35N3OS. The normalized spacial score (nSPS) is 14.7. The van der Waals surface area contributed by atoms with Crippen LogP contribution in [0.1, 0.15) is 40.9 Å². The first kappa shape index (κ1) is 32.6. The van der Waals surface area contributed by atoms with Crippen LogP contribution >= 0.6 is 11.3 Å². The van der Waals surface area contributed by atoms with Crippen molar-refractivity contribution in [1.29, 1.82) is 0 Å². The van der Waals surface area contributed by atoms with Gasteiger partial charge in [-0.3, -0.25) is 0 Å². The Morgan fingerprint density at radius 3 is 2.20 bits per heavy atom. The molecule has 266 valence electrons. The summed E-state index contributed by atoms with van der Waals surface area (Å²) in [6.45, 7) is 4.35. The summed E-state index contributed by atoms with van der Waals surface area (Å²) in [5.74, 6) is 1.49. The number of aliphatic imine (C=N–C) groups is 2. The maximum absolute atomic E-state index is 6.15. The van der Waals surface area contributed by atoms with E-state index in [4.69, 9.17) is 14.4 Å². The van der Waals surface area contributed by atoms with Crippen LogP contribution < -0.4 is 5.32 Å². The molecule has 2 aromatic heterocycles. The van der Waals surface area contributed by atoms with Crippen molar-refractivity contribution in [2.45, 2.75) is 20.0 Å². The summed E-state index contributed by atoms with van der Waals surface area (Å²) in [6, 6.07) is 54.0. The number of nitrogens with zero attached hydrogens (tertiary/aromatic N) is 2. The lowest BCUT2D eigenvalue weighted by Gasteiger charge is -2.23. The number of fused-ring (bicyclic) bond motifs is 9. The summed E-state index contributed by atoms with van der Waals surface area (Å²) in [5, 5.41) is 13.6. The number of benzene rings is 8. The van der Waals surface area contributed by atoms with Crippen molar-refractivity contribution in [2.75, 3.05) is 0 Å². The van der Waals surface area contributed by atoms with E-state index in [1.165, 1.54) is 64.0 Å². The van der Waals surface area contributed by atoms with E-state index in [2.05, 4.69) is 147 Å². The summed E-state index contributed by atoms with van der Waals surface area (Å²) in [4.78, 5) is 10.3. The molecule has 0 radical (unpaired) electrons. The zero-order valence-corrected chi connectivity index (χ0v) is 31.7. The summed E-state index contributed by atoms with van der Waals surface area (Å²) >= 11 is 1.84. The van der Waals surface area contributed by atoms with Crippen molar-refractivity contribution in [2.24, 2.45) is 9.98 Å². The fourth-order valence-corrected chi connectivity index (χ4v) is 9.73. The molecule has 0 bridgehead atoms. The molecule has 1 aliphatic rings. The summed E-state index contributed by atoms with van der Waals surface area (Å²) in [5.41, 5.74) is 9.87. The Hall–Kier alpha value is -6.82. The number of amidine groups is 2. The van der Waals surface area contributed by atoms with E-state index in [1.54, 1.807) is 0 Å². The molecule has 1 unspecified atom stereocenters. The van der Waals surface area contributed by atoms with Gasteiger partial charge in [0.05, 0.1) is 0 Å². The van der Waals surface area contributed by atoms with Crippen LogP contribution in [0.4, 0.5) is 0 Å². The summed E-state index contributed by atoms with van der Waals surface area (Å²) in [7, 11) is 0. The molecule has 56 heavy (non-hydrogen) atoms. The summed E-state index contributed by atoms with van der Waals surface area (Å²) in [6.07, 6.45) is 4.08. The van der Waals surface area contributed by atoms with Crippen molar-refractivity contribution >= 4 is 92.7 Å². The monoisotopic (exact) mass is 737 g/mol. The van der Waals surface area contributed by atoms with Gasteiger partial charge in [0.2, 0.25) is 0 Å². The van der Waals surface area contributed by atoms with E-state index in [0.717, 1.165) is 44.5 Å². The molecule has 0 aliphatic carbocycles. The zero-order chi connectivity index (χ0) is 37.3. The van der Waals surface area contributed by atoms with Gasteiger partial charge in [-0.05, 0) is 106 Å². The molecule has 1 N–H and O–H groups in total. The molecular weight excluding hydrogens is 703 g/mol. The minimum atomic E-state index is -0.327. The van der Waals surface area contributed by atoms with E-state index >= 15 is 0 Å². The van der Waals surface area contributed by atoms with Gasteiger partial charge in [-0.25, -0.2) is 9.98 Å². The van der Waals surface area contributed by atoms with Crippen LogP contribution in [-0.2, 0) is 0 Å². The minimum Gasteiger partial charge on any atom is -0.456 e. The maximum atomic E-state index is 6.15. The number of rotatable bonds is 5. The van der Waals surface area contributed by atoms with Crippen molar-refractivity contribution in [3.05, 3.63) is 186 Å². The number of furan rings is 1. The Morgan fingerprint density at radius 1 is 0.589 bits per heavy atom. The van der Waals surface area contributed by atoms with Gasteiger partial charge in [-0.15, -0.1) is 11.3 Å². The Kier molecular flexibility index (Phi) is 7.51. The molecule has 11 rings (SSSR count). The Labute approximate surface area is 327 Å². The number of aryl methyl sites for hydroxylation is 1. The molecule has 8 aromatic carbocycles. The SMILES string of the molecule is C/C=C\c1c(C)c2ccccc2c2ccc(-c3cccc4sc5cc(C6N=C(c7ccccc7)N=C(c7ccc8oc9ccccc9c8c7)N6)ccc5c34)cc12. The van der Waals surface area contributed by atoms with Crippen LogP contribution in [0.5, 0.6) is 0 Å². The van der Waals surface area contributed by atoms with Crippen LogP contribution in [0.2, 0.25) is 0 Å². The largest absolute Gasteiger partial charge is 0.456 e. The van der Waals surface area contributed by atoms with Crippen molar-refractivity contribution in [3.8, 4) is 11.1 Å². The first-order chi connectivity index (χ1) is 27.6. The van der Waals surface area contributed by atoms with Gasteiger partial charge in [-0.2, -0.15) is 0 Å². The average molecular weight is 738 g/mol. The molecule has 1 aliphatic heterocycles. The van der Waals surface area contributed by atoms with Crippen LogP contribution in [0.15, 0.2) is 172 Å². The highest BCUT2D eigenvalue weighted by Crippen LogP contribution is 2.43. The minimum absolute atomic E-state index is 0.327. The second-order valence-corrected chi connectivity index (χ2v) is 15.6. The molecule has 5 heteroatoms. The van der Waals surface area contributed by atoms with Gasteiger partial charge in [0.1, 0.15) is 23.2 Å². The van der Waals surface area contributed by atoms with E-state index in [0.29, 0.717) is 5.84 Å². The van der Waals surface area contributed by atoms with Crippen molar-refractivity contribution in [3.63, 3.8) is 0 Å². The lowest BCUT2D eigenvalue weighted by atomic mass is 9.89. The third kappa shape index (κ3) is 5.19. The van der Waals surface area contributed by atoms with Gasteiger partial charge >= 0.3 is 0 Å². The first-order valence-electron chi connectivity index (χ1n) is 19.0. The smallest absolute Gasteiger partial charge is 0.159 e. The lowest BCUT2D eigenvalue weighted by Crippen LogP contribution is -2.33. The molecule has 4 nitrogen and oxygen atoms in total. The quantitative estimate of drug-likeness (QED) is 0.179. The molecule has 3 heterocycles. The van der Waals surface area contributed by atoms with Crippen LogP contribution in [0.3, 0.4) is 0 Å². The molecule has 0 fully saturated rings. The number of para-hydroxylation sites is 1. The highest BCUT2D eigenvalue weighted by molar-refractivity contribution is 7.26. The van der Waals surface area contributed by atoms with Crippen molar-refractivity contribution in [1.82, 2.24) is 5.32 Å². The maximum Gasteiger partial charge on any atom is 0.159 e. The van der Waals surface area contributed by atoms with E-state index in [-0.39, 0.29) is 6.17 Å². The van der Waals surface area contributed by atoms with Gasteiger partial charge in [0.15, 0.2) is 5.84 Å². The Balaban J connectivity index is 1.02. The van der Waals surface area contributed by atoms with E-state index in [1.807, 2.05) is 47.7 Å². The van der Waals surface area contributed by atoms with Crippen molar-refractivity contribution < 1.29 is 4.42 Å². The second kappa shape index (κ2) is 12.9. The van der Waals surface area contributed by atoms with Gasteiger partial charge in [-0.1, -0.05) is 121 Å². The molecule has 1 atom stereocenters. The molecule has 10 aromatic rings. The highest BCUT2D eigenvalue weighted by atomic mass is 32.1. The molecule has 0 saturated heterocycles. The Bertz CT molecular complexity index is 3310. The first-order valence-corrected chi connectivity index (χ1v) is 19.9. The van der Waals surface area contributed by atoms with Gasteiger partial charge in [0, 0.05) is 42.1 Å². The van der Waals surface area contributed by atoms with E-state index in [9.17, 15) is 0 Å². The number of thiophene rings is 1. The third-order valence-corrected chi connectivity index (χ3v) is 12.4. The highest BCUT2D eigenvalue weighted by Gasteiger charge is 2.23. The fourth-order valence-electron chi connectivity index (χ4n) is 8.55. The number of hydrogen-bond donors (Lipinski definition) is 1. The average Bonchev–Trinajstić information content (AvgIpc) is 3.83. The van der Waals surface area contributed by atoms with Crippen LogP contribution in [0, 0.1) is 6.92 Å². The topological polar surface area (TPSA) is 49.9 Å². The second-order valence-electron chi connectivity index (χ2n) is 14.5. The Morgan fingerprint density at radius 2 is 1.32 bits per heavy atom. The molecule has 0 spiro atoms. The van der Waals surface area contributed by atoms with E-state index < -0.39 is 0 Å². The van der Waals surface area contributed by atoms with Crippen LogP contribution in [0.25, 0.3) is 80.9 Å². The number of hydrogen-bond acceptors (Lipinski definition) is 5.